The number of hydrogen-bond acceptors (Lipinski definition) is 3. The van der Waals surface area contributed by atoms with Crippen molar-refractivity contribution in [2.45, 2.75) is 26.1 Å². The smallest absolute Gasteiger partial charge is 0.106 e. The van der Waals surface area contributed by atoms with Crippen LogP contribution in [-0.4, -0.2) is 22.9 Å². The topological polar surface area (TPSA) is 66.5 Å². The van der Waals surface area contributed by atoms with Gasteiger partial charge in [0.1, 0.15) is 6.10 Å². The SMILES string of the molecule is Cc1cc(C)cc(C(O)C(O)CN)c1. The lowest BCUT2D eigenvalue weighted by atomic mass is 10.00. The van der Waals surface area contributed by atoms with Crippen LogP contribution in [0, 0.1) is 13.8 Å². The number of aliphatic hydroxyl groups is 2. The molecule has 4 N–H and O–H groups in total. The molecular formula is C11H17NO2. The summed E-state index contributed by atoms with van der Waals surface area (Å²) in [5, 5.41) is 19.1. The van der Waals surface area contributed by atoms with Gasteiger partial charge in [-0.05, 0) is 19.4 Å². The van der Waals surface area contributed by atoms with Crippen LogP contribution in [0.5, 0.6) is 0 Å². The highest BCUT2D eigenvalue weighted by molar-refractivity contribution is 5.30. The molecule has 1 aromatic carbocycles. The minimum absolute atomic E-state index is 0.0636. The van der Waals surface area contributed by atoms with E-state index in [9.17, 15) is 10.2 Å². The minimum atomic E-state index is -0.892. The molecule has 0 radical (unpaired) electrons. The monoisotopic (exact) mass is 195 g/mol. The summed E-state index contributed by atoms with van der Waals surface area (Å²) in [5.41, 5.74) is 8.14. The normalized spacial score (nSPS) is 15.2. The average Bonchev–Trinajstić information content (AvgIpc) is 2.14. The van der Waals surface area contributed by atoms with Crippen molar-refractivity contribution in [2.24, 2.45) is 5.73 Å². The van der Waals surface area contributed by atoms with E-state index in [-0.39, 0.29) is 6.54 Å². The summed E-state index contributed by atoms with van der Waals surface area (Å²) < 4.78 is 0. The van der Waals surface area contributed by atoms with Gasteiger partial charge in [-0.1, -0.05) is 29.3 Å². The molecule has 0 aliphatic carbocycles. The highest BCUT2D eigenvalue weighted by Gasteiger charge is 2.16. The van der Waals surface area contributed by atoms with Gasteiger partial charge in [0.25, 0.3) is 0 Å². The van der Waals surface area contributed by atoms with Crippen LogP contribution in [-0.2, 0) is 0 Å². The second-order valence-electron chi connectivity index (χ2n) is 3.67. The molecule has 0 bridgehead atoms. The molecule has 2 atom stereocenters. The maximum atomic E-state index is 9.71. The van der Waals surface area contributed by atoms with Gasteiger partial charge in [0.05, 0.1) is 6.10 Å². The van der Waals surface area contributed by atoms with E-state index in [1.54, 1.807) is 0 Å². The Morgan fingerprint density at radius 2 is 1.64 bits per heavy atom. The van der Waals surface area contributed by atoms with Gasteiger partial charge in [-0.3, -0.25) is 0 Å². The Labute approximate surface area is 84.2 Å². The molecule has 0 fully saturated rings. The largest absolute Gasteiger partial charge is 0.389 e. The molecule has 0 heterocycles. The second kappa shape index (κ2) is 4.55. The van der Waals surface area contributed by atoms with Gasteiger partial charge in [0, 0.05) is 6.54 Å². The molecule has 3 nitrogen and oxygen atoms in total. The van der Waals surface area contributed by atoms with Crippen LogP contribution in [0.4, 0.5) is 0 Å². The summed E-state index contributed by atoms with van der Waals surface area (Å²) in [5.74, 6) is 0. The lowest BCUT2D eigenvalue weighted by Crippen LogP contribution is -2.27. The van der Waals surface area contributed by atoms with Crippen LogP contribution in [0.25, 0.3) is 0 Å². The van der Waals surface area contributed by atoms with Crippen molar-refractivity contribution in [2.75, 3.05) is 6.54 Å². The van der Waals surface area contributed by atoms with E-state index in [1.807, 2.05) is 32.0 Å². The number of rotatable bonds is 3. The lowest BCUT2D eigenvalue weighted by molar-refractivity contribution is 0.0243. The average molecular weight is 195 g/mol. The molecule has 1 rings (SSSR count). The predicted octanol–water partition coefficient (Wildman–Crippen LogP) is 0.656. The molecule has 0 aliphatic rings. The van der Waals surface area contributed by atoms with E-state index >= 15 is 0 Å². The molecule has 0 saturated carbocycles. The zero-order valence-electron chi connectivity index (χ0n) is 8.57. The van der Waals surface area contributed by atoms with E-state index in [2.05, 4.69) is 0 Å². The Hall–Kier alpha value is -0.900. The molecular weight excluding hydrogens is 178 g/mol. The molecule has 0 aliphatic heterocycles. The summed E-state index contributed by atoms with van der Waals surface area (Å²) in [7, 11) is 0. The predicted molar refractivity (Wildman–Crippen MR) is 55.9 cm³/mol. The first kappa shape index (κ1) is 11.2. The summed E-state index contributed by atoms with van der Waals surface area (Å²) >= 11 is 0. The van der Waals surface area contributed by atoms with Crippen LogP contribution in [0.2, 0.25) is 0 Å². The number of aryl methyl sites for hydroxylation is 2. The van der Waals surface area contributed by atoms with Crippen LogP contribution < -0.4 is 5.73 Å². The maximum Gasteiger partial charge on any atom is 0.106 e. The fourth-order valence-electron chi connectivity index (χ4n) is 1.53. The van der Waals surface area contributed by atoms with Gasteiger partial charge in [-0.15, -0.1) is 0 Å². The van der Waals surface area contributed by atoms with Gasteiger partial charge in [-0.25, -0.2) is 0 Å². The molecule has 0 amide bonds. The Bertz CT molecular complexity index is 292. The summed E-state index contributed by atoms with van der Waals surface area (Å²) in [6.45, 7) is 3.98. The summed E-state index contributed by atoms with van der Waals surface area (Å²) in [6.07, 6.45) is -1.78. The molecule has 1 aromatic rings. The fraction of sp³-hybridized carbons (Fsp3) is 0.455. The number of aliphatic hydroxyl groups excluding tert-OH is 2. The number of benzene rings is 1. The van der Waals surface area contributed by atoms with Crippen molar-refractivity contribution in [3.8, 4) is 0 Å². The number of nitrogens with two attached hydrogens (primary N) is 1. The first-order chi connectivity index (χ1) is 6.54. The third-order valence-corrected chi connectivity index (χ3v) is 2.19. The molecule has 0 aromatic heterocycles. The van der Waals surface area contributed by atoms with Gasteiger partial charge in [-0.2, -0.15) is 0 Å². The van der Waals surface area contributed by atoms with E-state index in [0.29, 0.717) is 0 Å². The quantitative estimate of drug-likeness (QED) is 0.663. The molecule has 14 heavy (non-hydrogen) atoms. The summed E-state index contributed by atoms with van der Waals surface area (Å²) in [4.78, 5) is 0. The first-order valence-corrected chi connectivity index (χ1v) is 4.69. The van der Waals surface area contributed by atoms with E-state index in [1.165, 1.54) is 0 Å². The first-order valence-electron chi connectivity index (χ1n) is 4.69. The van der Waals surface area contributed by atoms with Crippen molar-refractivity contribution in [1.29, 1.82) is 0 Å². The molecule has 3 heteroatoms. The molecule has 2 unspecified atom stereocenters. The lowest BCUT2D eigenvalue weighted by Gasteiger charge is -2.17. The van der Waals surface area contributed by atoms with Gasteiger partial charge in [0.2, 0.25) is 0 Å². The van der Waals surface area contributed by atoms with Crippen molar-refractivity contribution < 1.29 is 10.2 Å². The van der Waals surface area contributed by atoms with Crippen LogP contribution >= 0.6 is 0 Å². The van der Waals surface area contributed by atoms with Crippen LogP contribution in [0.1, 0.15) is 22.8 Å². The van der Waals surface area contributed by atoms with Crippen molar-refractivity contribution in [3.05, 3.63) is 34.9 Å². The van der Waals surface area contributed by atoms with Crippen LogP contribution in [0.3, 0.4) is 0 Å². The Kier molecular flexibility index (Phi) is 3.63. The summed E-state index contributed by atoms with van der Waals surface area (Å²) in [6, 6.07) is 5.73. The minimum Gasteiger partial charge on any atom is -0.389 e. The van der Waals surface area contributed by atoms with Crippen molar-refractivity contribution in [1.82, 2.24) is 0 Å². The maximum absolute atomic E-state index is 9.71. The standard InChI is InChI=1S/C11H17NO2/c1-7-3-8(2)5-9(4-7)11(14)10(13)6-12/h3-5,10-11,13-14H,6,12H2,1-2H3. The molecule has 0 saturated heterocycles. The highest BCUT2D eigenvalue weighted by Crippen LogP contribution is 2.19. The van der Waals surface area contributed by atoms with Crippen molar-refractivity contribution >= 4 is 0 Å². The molecule has 0 spiro atoms. The van der Waals surface area contributed by atoms with E-state index in [0.717, 1.165) is 16.7 Å². The molecule has 78 valence electrons. The van der Waals surface area contributed by atoms with Crippen molar-refractivity contribution in [3.63, 3.8) is 0 Å². The van der Waals surface area contributed by atoms with Gasteiger partial charge >= 0.3 is 0 Å². The third-order valence-electron chi connectivity index (χ3n) is 2.19. The Balaban J connectivity index is 2.94. The van der Waals surface area contributed by atoms with E-state index in [4.69, 9.17) is 5.73 Å². The Morgan fingerprint density at radius 3 is 2.07 bits per heavy atom. The van der Waals surface area contributed by atoms with E-state index < -0.39 is 12.2 Å². The highest BCUT2D eigenvalue weighted by atomic mass is 16.3. The van der Waals surface area contributed by atoms with Gasteiger partial charge in [0.15, 0.2) is 0 Å². The fourth-order valence-corrected chi connectivity index (χ4v) is 1.53. The van der Waals surface area contributed by atoms with Gasteiger partial charge < -0.3 is 15.9 Å². The zero-order valence-corrected chi connectivity index (χ0v) is 8.57. The third kappa shape index (κ3) is 2.54. The van der Waals surface area contributed by atoms with Crippen LogP contribution in [0.15, 0.2) is 18.2 Å². The number of hydrogen-bond donors (Lipinski definition) is 3. The Morgan fingerprint density at radius 1 is 1.14 bits per heavy atom. The second-order valence-corrected chi connectivity index (χ2v) is 3.67. The zero-order chi connectivity index (χ0) is 10.7.